The third-order valence-corrected chi connectivity index (χ3v) is 0.780. The van der Waals surface area contributed by atoms with Gasteiger partial charge in [0.05, 0.1) is 0 Å². The summed E-state index contributed by atoms with van der Waals surface area (Å²) in [6.07, 6.45) is -0.514. The zero-order valence-corrected chi connectivity index (χ0v) is 5.29. The van der Waals surface area contributed by atoms with Gasteiger partial charge < -0.3 is 15.3 Å². The first-order chi connectivity index (χ1) is 4.59. The van der Waals surface area contributed by atoms with Crippen LogP contribution in [0, 0.1) is 16.9 Å². The van der Waals surface area contributed by atoms with Gasteiger partial charge in [-0.15, -0.1) is 5.26 Å². The second-order valence-electron chi connectivity index (χ2n) is 1.60. The third-order valence-electron chi connectivity index (χ3n) is 0.780. The molecule has 0 heterocycles. The highest BCUT2D eigenvalue weighted by atomic mass is 16.5. The molecule has 0 spiro atoms. The number of hydrogen-bond donors (Lipinski definition) is 2. The summed E-state index contributed by atoms with van der Waals surface area (Å²) in [4.78, 5) is 10.3. The number of rotatable bonds is 2. The number of ether oxygens (including phenoxy) is 1. The number of nitriles is 1. The van der Waals surface area contributed by atoms with Crippen molar-refractivity contribution in [3.8, 4) is 6.26 Å². The van der Waals surface area contributed by atoms with Crippen LogP contribution in [0.5, 0.6) is 0 Å². The standard InChI is InChI=1S/C5H6N2O3/c1-3(7)4(8)5(9)10-2-6/h4,7-8H,1H3. The molecule has 0 saturated carbocycles. The predicted octanol–water partition coefficient (Wildman–Crippen LogP) is -0.589. The molecule has 0 aliphatic rings. The van der Waals surface area contributed by atoms with Gasteiger partial charge in [-0.1, -0.05) is 0 Å². The largest absolute Gasteiger partial charge is 0.376 e. The average Bonchev–Trinajstić information content (AvgIpc) is 1.87. The normalized spacial score (nSPS) is 11.3. The Bertz CT molecular complexity index is 194. The van der Waals surface area contributed by atoms with Crippen LogP contribution in [0.4, 0.5) is 0 Å². The lowest BCUT2D eigenvalue weighted by Crippen LogP contribution is -2.28. The van der Waals surface area contributed by atoms with Crippen molar-refractivity contribution in [1.29, 1.82) is 10.7 Å². The smallest absolute Gasteiger partial charge is 0.356 e. The van der Waals surface area contributed by atoms with Crippen LogP contribution in [-0.2, 0) is 9.53 Å². The zero-order valence-electron chi connectivity index (χ0n) is 5.29. The van der Waals surface area contributed by atoms with Crippen molar-refractivity contribution < 1.29 is 14.6 Å². The average molecular weight is 142 g/mol. The van der Waals surface area contributed by atoms with Crippen LogP contribution < -0.4 is 0 Å². The van der Waals surface area contributed by atoms with E-state index in [1.165, 1.54) is 6.92 Å². The zero-order chi connectivity index (χ0) is 8.15. The van der Waals surface area contributed by atoms with E-state index in [2.05, 4.69) is 4.74 Å². The fourth-order valence-electron chi connectivity index (χ4n) is 0.278. The number of nitrogens with zero attached hydrogens (tertiary/aromatic N) is 1. The molecule has 0 aromatic carbocycles. The molecule has 10 heavy (non-hydrogen) atoms. The van der Waals surface area contributed by atoms with E-state index in [1.807, 2.05) is 0 Å². The lowest BCUT2D eigenvalue weighted by molar-refractivity contribution is -0.143. The van der Waals surface area contributed by atoms with E-state index in [4.69, 9.17) is 15.8 Å². The number of esters is 1. The van der Waals surface area contributed by atoms with E-state index < -0.39 is 12.1 Å². The molecule has 1 atom stereocenters. The summed E-state index contributed by atoms with van der Waals surface area (Å²) in [5, 5.41) is 23.2. The van der Waals surface area contributed by atoms with Crippen LogP contribution in [0.2, 0.25) is 0 Å². The molecule has 0 aromatic rings. The van der Waals surface area contributed by atoms with E-state index in [0.717, 1.165) is 6.26 Å². The van der Waals surface area contributed by atoms with Gasteiger partial charge in [0.25, 0.3) is 6.26 Å². The minimum atomic E-state index is -1.61. The molecule has 1 unspecified atom stereocenters. The van der Waals surface area contributed by atoms with Crippen molar-refractivity contribution in [2.24, 2.45) is 0 Å². The number of carbonyl (C=O) groups excluding carboxylic acids is 1. The molecule has 54 valence electrons. The van der Waals surface area contributed by atoms with Crippen molar-refractivity contribution in [3.63, 3.8) is 0 Å². The molecule has 0 aromatic heterocycles. The fourth-order valence-corrected chi connectivity index (χ4v) is 0.278. The molecule has 0 fully saturated rings. The highest BCUT2D eigenvalue weighted by Crippen LogP contribution is 1.88. The molecule has 0 bridgehead atoms. The first-order valence-corrected chi connectivity index (χ1v) is 2.42. The van der Waals surface area contributed by atoms with E-state index in [-0.39, 0.29) is 5.71 Å². The summed E-state index contributed by atoms with van der Waals surface area (Å²) >= 11 is 0. The quantitative estimate of drug-likeness (QED) is 0.306. The van der Waals surface area contributed by atoms with Crippen molar-refractivity contribution in [3.05, 3.63) is 0 Å². The van der Waals surface area contributed by atoms with Crippen LogP contribution in [0.1, 0.15) is 6.92 Å². The number of hydrogen-bond acceptors (Lipinski definition) is 5. The Kier molecular flexibility index (Phi) is 3.08. The van der Waals surface area contributed by atoms with Crippen molar-refractivity contribution in [1.82, 2.24) is 0 Å². The molecule has 0 aliphatic carbocycles. The van der Waals surface area contributed by atoms with Crippen molar-refractivity contribution in [2.45, 2.75) is 13.0 Å². The lowest BCUT2D eigenvalue weighted by Gasteiger charge is -2.01. The molecule has 5 nitrogen and oxygen atoms in total. The number of carbonyl (C=O) groups is 1. The van der Waals surface area contributed by atoms with Gasteiger partial charge in [-0.2, -0.15) is 0 Å². The molecular weight excluding hydrogens is 136 g/mol. The van der Waals surface area contributed by atoms with E-state index in [9.17, 15) is 4.79 Å². The Morgan fingerprint density at radius 1 is 1.90 bits per heavy atom. The van der Waals surface area contributed by atoms with E-state index in [1.54, 1.807) is 0 Å². The van der Waals surface area contributed by atoms with Crippen LogP contribution in [0.25, 0.3) is 0 Å². The highest BCUT2D eigenvalue weighted by Gasteiger charge is 2.18. The summed E-state index contributed by atoms with van der Waals surface area (Å²) < 4.78 is 3.74. The van der Waals surface area contributed by atoms with Crippen molar-refractivity contribution >= 4 is 11.7 Å². The maximum Gasteiger partial charge on any atom is 0.356 e. The van der Waals surface area contributed by atoms with Crippen LogP contribution in [0.3, 0.4) is 0 Å². The second kappa shape index (κ2) is 3.58. The predicted molar refractivity (Wildman–Crippen MR) is 31.1 cm³/mol. The summed E-state index contributed by atoms with van der Waals surface area (Å²) in [7, 11) is 0. The molecular formula is C5H6N2O3. The monoisotopic (exact) mass is 142 g/mol. The first-order valence-electron chi connectivity index (χ1n) is 2.42. The minimum Gasteiger partial charge on any atom is -0.376 e. The Balaban J connectivity index is 3.98. The summed E-state index contributed by atoms with van der Waals surface area (Å²) in [6, 6.07) is 0. The maximum absolute atomic E-state index is 10.3. The Labute approximate surface area is 57.3 Å². The molecule has 0 aliphatic heterocycles. The number of aliphatic hydroxyl groups excluding tert-OH is 1. The Morgan fingerprint density at radius 2 is 2.40 bits per heavy atom. The maximum atomic E-state index is 10.3. The molecule has 2 N–H and O–H groups in total. The minimum absolute atomic E-state index is 0.250. The van der Waals surface area contributed by atoms with Gasteiger partial charge in [0.2, 0.25) is 0 Å². The molecule has 0 rings (SSSR count). The molecule has 0 radical (unpaired) electrons. The van der Waals surface area contributed by atoms with Gasteiger partial charge in [0, 0.05) is 5.71 Å². The Hall–Kier alpha value is -1.41. The fraction of sp³-hybridized carbons (Fsp3) is 0.400. The number of aliphatic hydroxyl groups is 1. The highest BCUT2D eigenvalue weighted by molar-refractivity contribution is 6.02. The summed E-state index contributed by atoms with van der Waals surface area (Å²) in [5.41, 5.74) is -0.250. The number of nitrogens with one attached hydrogen (secondary N) is 1. The van der Waals surface area contributed by atoms with Crippen molar-refractivity contribution in [2.75, 3.05) is 0 Å². The Morgan fingerprint density at radius 3 is 2.70 bits per heavy atom. The lowest BCUT2D eigenvalue weighted by atomic mass is 10.2. The van der Waals surface area contributed by atoms with Gasteiger partial charge in [0.15, 0.2) is 6.10 Å². The van der Waals surface area contributed by atoms with Crippen LogP contribution in [0.15, 0.2) is 0 Å². The molecule has 5 heteroatoms. The second-order valence-corrected chi connectivity index (χ2v) is 1.60. The SMILES string of the molecule is CC(=N)C(O)C(=O)OC#N. The summed E-state index contributed by atoms with van der Waals surface area (Å²) in [5.74, 6) is -1.12. The van der Waals surface area contributed by atoms with E-state index >= 15 is 0 Å². The van der Waals surface area contributed by atoms with Gasteiger partial charge in [-0.3, -0.25) is 0 Å². The molecule has 0 amide bonds. The topological polar surface area (TPSA) is 94.2 Å². The van der Waals surface area contributed by atoms with Gasteiger partial charge >= 0.3 is 5.97 Å². The molecule has 0 saturated heterocycles. The third kappa shape index (κ3) is 2.24. The van der Waals surface area contributed by atoms with Crippen LogP contribution in [-0.4, -0.2) is 22.9 Å². The van der Waals surface area contributed by atoms with E-state index in [0.29, 0.717) is 0 Å². The van der Waals surface area contributed by atoms with Gasteiger partial charge in [-0.25, -0.2) is 4.79 Å². The van der Waals surface area contributed by atoms with Gasteiger partial charge in [-0.05, 0) is 6.92 Å². The summed E-state index contributed by atoms with van der Waals surface area (Å²) in [6.45, 7) is 1.24. The first kappa shape index (κ1) is 8.59. The van der Waals surface area contributed by atoms with Gasteiger partial charge in [0.1, 0.15) is 0 Å². The van der Waals surface area contributed by atoms with Crippen LogP contribution >= 0.6 is 0 Å².